The summed E-state index contributed by atoms with van der Waals surface area (Å²) in [6, 6.07) is 0. The Morgan fingerprint density at radius 1 is 1.42 bits per heavy atom. The number of rotatable bonds is 1. The second-order valence-electron chi connectivity index (χ2n) is 2.24. The van der Waals surface area contributed by atoms with Gasteiger partial charge in [0.2, 0.25) is 0 Å². The van der Waals surface area contributed by atoms with Crippen molar-refractivity contribution in [2.75, 3.05) is 0 Å². The Bertz CT molecular complexity index is 430. The predicted octanol–water partition coefficient (Wildman–Crippen LogP) is -0.363. The van der Waals surface area contributed by atoms with E-state index in [1.807, 2.05) is 0 Å². The molecular weight excluding hydrogens is 156 g/mol. The molecule has 4 N–H and O–H groups in total. The monoisotopic (exact) mass is 162 g/mol. The average Bonchev–Trinajstić information content (AvgIpc) is 2.49. The van der Waals surface area contributed by atoms with E-state index in [1.54, 1.807) is 0 Å². The zero-order valence-corrected chi connectivity index (χ0v) is 6.07. The van der Waals surface area contributed by atoms with Crippen molar-refractivity contribution < 1.29 is 0 Å². The molecule has 0 aliphatic rings. The molecule has 0 aromatic carbocycles. The molecule has 2 aromatic rings. The molecule has 0 unspecified atom stereocenters. The molecule has 0 aliphatic carbocycles. The van der Waals surface area contributed by atoms with Crippen LogP contribution in [0.15, 0.2) is 12.7 Å². The Labute approximate surface area is 67.4 Å². The van der Waals surface area contributed by atoms with Crippen molar-refractivity contribution in [2.45, 2.75) is 0 Å². The van der Waals surface area contributed by atoms with Crippen molar-refractivity contribution >= 4 is 17.0 Å². The first-order chi connectivity index (χ1) is 5.79. The number of aromatic amines is 1. The standard InChI is InChI=1S/C6H6N6/c7-5(8)3-4-6(11-1-9-3)12-2-10-4/h1-2H,(H3,7,8)(H,9,10,11,12). The van der Waals surface area contributed by atoms with Gasteiger partial charge in [-0.3, -0.25) is 5.41 Å². The number of imidazole rings is 1. The van der Waals surface area contributed by atoms with Gasteiger partial charge in [-0.2, -0.15) is 0 Å². The molecule has 0 bridgehead atoms. The number of nitrogens with zero attached hydrogens (tertiary/aromatic N) is 3. The smallest absolute Gasteiger partial charge is 0.181 e. The second kappa shape index (κ2) is 2.26. The largest absolute Gasteiger partial charge is 0.382 e. The third-order valence-corrected chi connectivity index (χ3v) is 1.48. The maximum absolute atomic E-state index is 7.20. The number of fused-ring (bicyclic) bond motifs is 1. The molecule has 0 aliphatic heterocycles. The highest BCUT2D eigenvalue weighted by molar-refractivity contribution is 6.02. The minimum atomic E-state index is -0.0911. The van der Waals surface area contributed by atoms with E-state index >= 15 is 0 Å². The lowest BCUT2D eigenvalue weighted by molar-refractivity contribution is 1.17. The Hall–Kier alpha value is -1.98. The highest BCUT2D eigenvalue weighted by atomic mass is 15.0. The summed E-state index contributed by atoms with van der Waals surface area (Å²) in [6.45, 7) is 0. The number of nitrogens with two attached hydrogens (primary N) is 1. The fraction of sp³-hybridized carbons (Fsp3) is 0. The Balaban J connectivity index is 2.82. The van der Waals surface area contributed by atoms with E-state index in [0.717, 1.165) is 0 Å². The van der Waals surface area contributed by atoms with Gasteiger partial charge in [0, 0.05) is 0 Å². The summed E-state index contributed by atoms with van der Waals surface area (Å²) in [4.78, 5) is 14.4. The van der Waals surface area contributed by atoms with Crippen LogP contribution in [0.1, 0.15) is 5.69 Å². The lowest BCUT2D eigenvalue weighted by atomic mass is 10.3. The van der Waals surface area contributed by atoms with Gasteiger partial charge in [0.25, 0.3) is 0 Å². The van der Waals surface area contributed by atoms with Crippen LogP contribution < -0.4 is 5.73 Å². The van der Waals surface area contributed by atoms with E-state index in [1.165, 1.54) is 12.7 Å². The quantitative estimate of drug-likeness (QED) is 0.393. The lowest BCUT2D eigenvalue weighted by Gasteiger charge is -1.95. The summed E-state index contributed by atoms with van der Waals surface area (Å²) in [5.74, 6) is -0.0911. The van der Waals surface area contributed by atoms with E-state index in [2.05, 4.69) is 19.9 Å². The van der Waals surface area contributed by atoms with Gasteiger partial charge in [-0.15, -0.1) is 0 Å². The molecule has 6 heteroatoms. The number of nitrogen functional groups attached to an aromatic ring is 1. The summed E-state index contributed by atoms with van der Waals surface area (Å²) in [5.41, 5.74) is 6.80. The predicted molar refractivity (Wildman–Crippen MR) is 42.7 cm³/mol. The number of nitrogens with one attached hydrogen (secondary N) is 2. The van der Waals surface area contributed by atoms with Gasteiger partial charge in [-0.25, -0.2) is 15.0 Å². The summed E-state index contributed by atoms with van der Waals surface area (Å²) in [5, 5.41) is 7.20. The second-order valence-corrected chi connectivity index (χ2v) is 2.24. The van der Waals surface area contributed by atoms with Gasteiger partial charge in [-0.1, -0.05) is 0 Å². The van der Waals surface area contributed by atoms with Gasteiger partial charge in [0.05, 0.1) is 6.33 Å². The molecule has 12 heavy (non-hydrogen) atoms. The van der Waals surface area contributed by atoms with Crippen LogP contribution in [0.3, 0.4) is 0 Å². The van der Waals surface area contributed by atoms with E-state index in [4.69, 9.17) is 11.1 Å². The van der Waals surface area contributed by atoms with Crippen LogP contribution in [0.25, 0.3) is 11.2 Å². The zero-order chi connectivity index (χ0) is 8.55. The molecule has 2 heterocycles. The van der Waals surface area contributed by atoms with Crippen LogP contribution in [0.5, 0.6) is 0 Å². The highest BCUT2D eigenvalue weighted by Crippen LogP contribution is 2.07. The van der Waals surface area contributed by atoms with E-state index in [-0.39, 0.29) is 5.84 Å². The minimum Gasteiger partial charge on any atom is -0.382 e. The van der Waals surface area contributed by atoms with Crippen LogP contribution in [0.4, 0.5) is 0 Å². The maximum atomic E-state index is 7.20. The summed E-state index contributed by atoms with van der Waals surface area (Å²) in [6.07, 6.45) is 2.83. The van der Waals surface area contributed by atoms with E-state index < -0.39 is 0 Å². The van der Waals surface area contributed by atoms with Crippen LogP contribution in [0.2, 0.25) is 0 Å². The zero-order valence-electron chi connectivity index (χ0n) is 6.07. The Morgan fingerprint density at radius 3 is 3.00 bits per heavy atom. The molecule has 6 nitrogen and oxygen atoms in total. The van der Waals surface area contributed by atoms with Gasteiger partial charge in [-0.05, 0) is 0 Å². The molecule has 2 rings (SSSR count). The topological polar surface area (TPSA) is 104 Å². The first-order valence-corrected chi connectivity index (χ1v) is 3.27. The third kappa shape index (κ3) is 0.815. The number of hydrogen-bond acceptors (Lipinski definition) is 4. The van der Waals surface area contributed by atoms with Crippen molar-refractivity contribution in [3.63, 3.8) is 0 Å². The molecule has 0 spiro atoms. The van der Waals surface area contributed by atoms with Crippen LogP contribution >= 0.6 is 0 Å². The number of H-pyrrole nitrogens is 1. The van der Waals surface area contributed by atoms with Gasteiger partial charge < -0.3 is 10.7 Å². The number of aromatic nitrogens is 4. The molecule has 0 atom stereocenters. The SMILES string of the molecule is N=C(N)c1ncnc2nc[nH]c12. The van der Waals surface area contributed by atoms with Gasteiger partial charge in [0.15, 0.2) is 5.65 Å². The third-order valence-electron chi connectivity index (χ3n) is 1.48. The first-order valence-electron chi connectivity index (χ1n) is 3.27. The number of amidine groups is 1. The molecule has 2 aromatic heterocycles. The van der Waals surface area contributed by atoms with Crippen LogP contribution in [-0.2, 0) is 0 Å². The minimum absolute atomic E-state index is 0.0911. The molecule has 60 valence electrons. The summed E-state index contributed by atoms with van der Waals surface area (Å²) in [7, 11) is 0. The molecule has 0 saturated heterocycles. The van der Waals surface area contributed by atoms with Crippen LogP contribution in [-0.4, -0.2) is 25.8 Å². The Morgan fingerprint density at radius 2 is 2.25 bits per heavy atom. The maximum Gasteiger partial charge on any atom is 0.181 e. The van der Waals surface area contributed by atoms with E-state index in [9.17, 15) is 0 Å². The highest BCUT2D eigenvalue weighted by Gasteiger charge is 2.06. The number of hydrogen-bond donors (Lipinski definition) is 3. The molecule has 0 fully saturated rings. The van der Waals surface area contributed by atoms with Crippen molar-refractivity contribution in [1.29, 1.82) is 5.41 Å². The van der Waals surface area contributed by atoms with Crippen molar-refractivity contribution in [2.24, 2.45) is 5.73 Å². The normalized spacial score (nSPS) is 10.3. The molecule has 0 saturated carbocycles. The fourth-order valence-corrected chi connectivity index (χ4v) is 0.969. The van der Waals surface area contributed by atoms with Gasteiger partial charge >= 0.3 is 0 Å². The van der Waals surface area contributed by atoms with Crippen LogP contribution in [0, 0.1) is 5.41 Å². The van der Waals surface area contributed by atoms with Crippen molar-refractivity contribution in [1.82, 2.24) is 19.9 Å². The summed E-state index contributed by atoms with van der Waals surface area (Å²) >= 11 is 0. The van der Waals surface area contributed by atoms with Crippen molar-refractivity contribution in [3.05, 3.63) is 18.3 Å². The average molecular weight is 162 g/mol. The molecule has 0 amide bonds. The first kappa shape index (κ1) is 6.71. The Kier molecular flexibility index (Phi) is 1.26. The van der Waals surface area contributed by atoms with Crippen molar-refractivity contribution in [3.8, 4) is 0 Å². The fourth-order valence-electron chi connectivity index (χ4n) is 0.969. The van der Waals surface area contributed by atoms with Gasteiger partial charge in [0.1, 0.15) is 23.4 Å². The lowest BCUT2D eigenvalue weighted by Crippen LogP contribution is -2.13. The summed E-state index contributed by atoms with van der Waals surface area (Å²) < 4.78 is 0. The van der Waals surface area contributed by atoms with E-state index in [0.29, 0.717) is 16.9 Å². The molecular formula is C6H6N6. The molecule has 0 radical (unpaired) electrons.